The fourth-order valence-corrected chi connectivity index (χ4v) is 3.26. The average Bonchev–Trinajstić information content (AvgIpc) is 2.91. The van der Waals surface area contributed by atoms with Gasteiger partial charge in [-0.25, -0.2) is 8.42 Å². The zero-order valence-electron chi connectivity index (χ0n) is 11.1. The minimum absolute atomic E-state index is 0.0498. The molecule has 0 unspecified atom stereocenters. The summed E-state index contributed by atoms with van der Waals surface area (Å²) in [5.41, 5.74) is 1.26. The van der Waals surface area contributed by atoms with E-state index in [-0.39, 0.29) is 23.1 Å². The van der Waals surface area contributed by atoms with E-state index in [2.05, 4.69) is 31.4 Å². The first kappa shape index (κ1) is 15.4. The highest BCUT2D eigenvalue weighted by molar-refractivity contribution is 7.93. The highest BCUT2D eigenvalue weighted by Gasteiger charge is 2.19. The van der Waals surface area contributed by atoms with E-state index in [0.717, 1.165) is 17.1 Å². The number of rotatable bonds is 4. The van der Waals surface area contributed by atoms with Crippen molar-refractivity contribution in [1.29, 1.82) is 0 Å². The van der Waals surface area contributed by atoms with Gasteiger partial charge in [0.15, 0.2) is 0 Å². The van der Waals surface area contributed by atoms with Gasteiger partial charge in [0.1, 0.15) is 4.90 Å². The van der Waals surface area contributed by atoms with Crippen LogP contribution >= 0.6 is 11.5 Å². The van der Waals surface area contributed by atoms with E-state index >= 15 is 0 Å². The number of hydrogen-bond donors (Lipinski definition) is 2. The van der Waals surface area contributed by atoms with Crippen LogP contribution < -0.4 is 4.72 Å². The van der Waals surface area contributed by atoms with Gasteiger partial charge in [0.25, 0.3) is 10.0 Å². The van der Waals surface area contributed by atoms with E-state index in [1.54, 1.807) is 12.1 Å². The zero-order valence-corrected chi connectivity index (χ0v) is 12.7. The first-order chi connectivity index (χ1) is 10.0. The predicted octanol–water partition coefficient (Wildman–Crippen LogP) is 0.776. The highest BCUT2D eigenvalue weighted by Crippen LogP contribution is 2.20. The highest BCUT2D eigenvalue weighted by atomic mass is 32.2. The normalized spacial score (nSPS) is 10.8. The third kappa shape index (κ3) is 3.98. The summed E-state index contributed by atoms with van der Waals surface area (Å²) in [6.07, 6.45) is 0.279. The maximum absolute atomic E-state index is 12.3. The summed E-state index contributed by atoms with van der Waals surface area (Å²) in [7, 11) is -3.81. The minimum Gasteiger partial charge on any atom is -0.395 e. The molecule has 7 nitrogen and oxygen atoms in total. The van der Waals surface area contributed by atoms with Gasteiger partial charge >= 0.3 is 0 Å². The second-order valence-electron chi connectivity index (χ2n) is 4.05. The van der Waals surface area contributed by atoms with Crippen LogP contribution in [0.5, 0.6) is 0 Å². The van der Waals surface area contributed by atoms with E-state index in [4.69, 9.17) is 5.11 Å². The van der Waals surface area contributed by atoms with Crippen LogP contribution in [0.1, 0.15) is 17.5 Å². The van der Waals surface area contributed by atoms with E-state index in [9.17, 15) is 8.42 Å². The number of anilines is 1. The molecule has 1 heterocycles. The van der Waals surface area contributed by atoms with Gasteiger partial charge in [-0.2, -0.15) is 0 Å². The minimum atomic E-state index is -3.81. The molecule has 0 spiro atoms. The Morgan fingerprint density at radius 1 is 1.43 bits per heavy atom. The van der Waals surface area contributed by atoms with Crippen molar-refractivity contribution in [3.8, 4) is 11.8 Å². The summed E-state index contributed by atoms with van der Waals surface area (Å²) in [6.45, 7) is 1.77. The second kappa shape index (κ2) is 6.62. The maximum Gasteiger partial charge on any atom is 0.264 e. The van der Waals surface area contributed by atoms with Crippen LogP contribution in [0.4, 0.5) is 5.13 Å². The lowest BCUT2D eigenvalue weighted by atomic mass is 10.1. The molecule has 9 heteroatoms. The summed E-state index contributed by atoms with van der Waals surface area (Å²) in [5.74, 6) is 5.48. The summed E-state index contributed by atoms with van der Waals surface area (Å²) < 4.78 is 30.5. The average molecular weight is 324 g/mol. The molecule has 0 amide bonds. The summed E-state index contributed by atoms with van der Waals surface area (Å²) in [4.78, 5) is 0.0498. The first-order valence-electron chi connectivity index (χ1n) is 5.91. The Morgan fingerprint density at radius 3 is 2.90 bits per heavy atom. The fourth-order valence-electron chi connectivity index (χ4n) is 1.53. The number of aryl methyl sites for hydroxylation is 1. The van der Waals surface area contributed by atoms with Crippen molar-refractivity contribution in [2.24, 2.45) is 0 Å². The van der Waals surface area contributed by atoms with Crippen molar-refractivity contribution in [1.82, 2.24) is 14.8 Å². The number of benzene rings is 1. The molecule has 2 N–H and O–H groups in total. The van der Waals surface area contributed by atoms with Crippen molar-refractivity contribution >= 4 is 26.7 Å². The molecule has 21 heavy (non-hydrogen) atoms. The topological polar surface area (TPSA) is 105 Å². The van der Waals surface area contributed by atoms with E-state index in [0.29, 0.717) is 5.56 Å². The smallest absolute Gasteiger partial charge is 0.264 e. The Balaban J connectivity index is 2.41. The van der Waals surface area contributed by atoms with Gasteiger partial charge in [-0.05, 0) is 29.8 Å². The molecule has 110 valence electrons. The number of aromatic nitrogens is 3. The summed E-state index contributed by atoms with van der Waals surface area (Å²) >= 11 is 0.843. The van der Waals surface area contributed by atoms with Crippen LogP contribution in [0.2, 0.25) is 0 Å². The third-order valence-electron chi connectivity index (χ3n) is 2.41. The number of nitrogens with one attached hydrogen (secondary N) is 1. The van der Waals surface area contributed by atoms with Crippen LogP contribution in [0.3, 0.4) is 0 Å². The van der Waals surface area contributed by atoms with Crippen LogP contribution in [0.25, 0.3) is 0 Å². The van der Waals surface area contributed by atoms with E-state index in [1.807, 2.05) is 6.92 Å². The van der Waals surface area contributed by atoms with Crippen molar-refractivity contribution in [3.63, 3.8) is 0 Å². The Hall–Kier alpha value is -2.02. The molecule has 0 fully saturated rings. The molecule has 0 saturated carbocycles. The Bertz CT molecular complexity index is 777. The predicted molar refractivity (Wildman–Crippen MR) is 78.3 cm³/mol. The molecule has 1 aromatic heterocycles. The summed E-state index contributed by atoms with van der Waals surface area (Å²) in [6, 6.07) is 4.84. The quantitative estimate of drug-likeness (QED) is 0.805. The number of sulfonamides is 1. The molecule has 2 aromatic rings. The van der Waals surface area contributed by atoms with Crippen LogP contribution in [0, 0.1) is 18.8 Å². The molecular weight excluding hydrogens is 312 g/mol. The molecule has 0 bridgehead atoms. The Morgan fingerprint density at radius 2 is 2.24 bits per heavy atom. The van der Waals surface area contributed by atoms with Gasteiger partial charge in [0.05, 0.1) is 6.61 Å². The van der Waals surface area contributed by atoms with Gasteiger partial charge in [-0.1, -0.05) is 27.5 Å². The van der Waals surface area contributed by atoms with Gasteiger partial charge in [0.2, 0.25) is 5.13 Å². The second-order valence-corrected chi connectivity index (χ2v) is 6.43. The molecular formula is C12H12N4O3S2. The lowest BCUT2D eigenvalue weighted by Crippen LogP contribution is -2.14. The van der Waals surface area contributed by atoms with Crippen molar-refractivity contribution < 1.29 is 13.5 Å². The molecule has 0 aliphatic rings. The van der Waals surface area contributed by atoms with Gasteiger partial charge in [-0.15, -0.1) is 0 Å². The SMILES string of the molecule is Cc1ccc(S(=O)(=O)Nc2nnns2)c(C#CCCO)c1. The maximum atomic E-state index is 12.3. The van der Waals surface area contributed by atoms with Gasteiger partial charge in [-0.3, -0.25) is 4.72 Å². The zero-order chi connectivity index (χ0) is 15.3. The molecule has 0 aliphatic carbocycles. The largest absolute Gasteiger partial charge is 0.395 e. The van der Waals surface area contributed by atoms with Crippen LogP contribution in [-0.4, -0.2) is 34.9 Å². The Kier molecular flexibility index (Phi) is 4.85. The van der Waals surface area contributed by atoms with Crippen LogP contribution in [0.15, 0.2) is 23.1 Å². The number of nitrogens with zero attached hydrogens (tertiary/aromatic N) is 3. The molecule has 0 saturated heterocycles. The van der Waals surface area contributed by atoms with E-state index < -0.39 is 10.0 Å². The molecule has 2 rings (SSSR count). The van der Waals surface area contributed by atoms with Gasteiger partial charge < -0.3 is 5.11 Å². The van der Waals surface area contributed by atoms with Crippen molar-refractivity contribution in [2.75, 3.05) is 11.3 Å². The van der Waals surface area contributed by atoms with Crippen molar-refractivity contribution in [2.45, 2.75) is 18.2 Å². The molecule has 0 atom stereocenters. The molecule has 0 radical (unpaired) electrons. The first-order valence-corrected chi connectivity index (χ1v) is 8.17. The van der Waals surface area contributed by atoms with E-state index in [1.165, 1.54) is 6.07 Å². The van der Waals surface area contributed by atoms with Gasteiger partial charge in [0, 0.05) is 23.5 Å². The Labute approximate surface area is 126 Å². The monoisotopic (exact) mass is 324 g/mol. The molecule has 1 aromatic carbocycles. The number of aliphatic hydroxyl groups is 1. The number of aliphatic hydroxyl groups excluding tert-OH is 1. The number of hydrogen-bond acceptors (Lipinski definition) is 7. The lowest BCUT2D eigenvalue weighted by Gasteiger charge is -2.07. The molecule has 0 aliphatic heterocycles. The summed E-state index contributed by atoms with van der Waals surface area (Å²) in [5, 5.41) is 15.7. The van der Waals surface area contributed by atoms with Crippen molar-refractivity contribution in [3.05, 3.63) is 29.3 Å². The third-order valence-corrected chi connectivity index (χ3v) is 4.44. The standard InChI is InChI=1S/C12H12N4O3S2/c1-9-5-6-11(10(8-9)4-2-3-7-17)21(18,19)14-12-13-15-16-20-12/h5-6,8,17H,3,7H2,1H3,(H,13,14,16). The van der Waals surface area contributed by atoms with Crippen LogP contribution in [-0.2, 0) is 10.0 Å². The fraction of sp³-hybridized carbons (Fsp3) is 0.250. The lowest BCUT2D eigenvalue weighted by molar-refractivity contribution is 0.305.